The van der Waals surface area contributed by atoms with Crippen LogP contribution in [0.4, 0.5) is 24.5 Å². The van der Waals surface area contributed by atoms with E-state index in [1.807, 2.05) is 24.3 Å². The van der Waals surface area contributed by atoms with Crippen LogP contribution in [0.3, 0.4) is 0 Å². The maximum absolute atomic E-state index is 13.9. The monoisotopic (exact) mass is 512 g/mol. The third-order valence-corrected chi connectivity index (χ3v) is 7.52. The number of nitrogens with zero attached hydrogens (tertiary/aromatic N) is 1. The van der Waals surface area contributed by atoms with Crippen molar-refractivity contribution in [1.29, 1.82) is 0 Å². The molecule has 2 aliphatic rings. The lowest BCUT2D eigenvalue weighted by atomic mass is 9.79. The molecule has 3 aromatic rings. The summed E-state index contributed by atoms with van der Waals surface area (Å²) in [5, 5.41) is 4.98. The molecule has 2 heterocycles. The Balaban J connectivity index is 1.69. The van der Waals surface area contributed by atoms with Crippen LogP contribution in [-0.2, 0) is 9.59 Å². The van der Waals surface area contributed by atoms with Crippen molar-refractivity contribution < 1.29 is 27.5 Å². The summed E-state index contributed by atoms with van der Waals surface area (Å²) >= 11 is 1.22. The molecular formula is C27H23F3N2O3S. The van der Waals surface area contributed by atoms with Gasteiger partial charge in [0.25, 0.3) is 0 Å². The average molecular weight is 513 g/mol. The number of Topliss-reactive ketones (excluding diaryl/α,β-unsaturated/α-hetero) is 1. The minimum atomic E-state index is -5.12. The molecule has 0 saturated carbocycles. The molecule has 0 spiro atoms. The number of allylic oxidation sites excluding steroid dienone is 1. The van der Waals surface area contributed by atoms with Crippen molar-refractivity contribution in [1.82, 2.24) is 0 Å². The van der Waals surface area contributed by atoms with Crippen molar-refractivity contribution in [2.75, 3.05) is 17.3 Å². The number of benzene rings is 2. The first kappa shape index (κ1) is 24.1. The molecule has 1 N–H and O–H groups in total. The summed E-state index contributed by atoms with van der Waals surface area (Å²) in [4.78, 5) is 27.8. The number of carbonyl (C=O) groups excluding carboxylic acids is 2. The van der Waals surface area contributed by atoms with Crippen LogP contribution in [0, 0.1) is 6.92 Å². The van der Waals surface area contributed by atoms with Gasteiger partial charge in [0, 0.05) is 22.6 Å². The van der Waals surface area contributed by atoms with Gasteiger partial charge >= 0.3 is 12.1 Å². The van der Waals surface area contributed by atoms with E-state index in [9.17, 15) is 22.8 Å². The number of anilines is 2. The molecule has 9 heteroatoms. The second kappa shape index (κ2) is 9.13. The molecule has 2 unspecified atom stereocenters. The summed E-state index contributed by atoms with van der Waals surface area (Å²) in [5.74, 6) is -1.77. The summed E-state index contributed by atoms with van der Waals surface area (Å²) < 4.78 is 47.0. The molecule has 2 aromatic carbocycles. The molecule has 1 amide bonds. The van der Waals surface area contributed by atoms with Crippen LogP contribution in [0.15, 0.2) is 71.2 Å². The third kappa shape index (κ3) is 4.28. The fourth-order valence-electron chi connectivity index (χ4n) is 4.94. The van der Waals surface area contributed by atoms with Gasteiger partial charge in [-0.1, -0.05) is 24.3 Å². The van der Waals surface area contributed by atoms with Gasteiger partial charge in [0.15, 0.2) is 5.78 Å². The van der Waals surface area contributed by atoms with Gasteiger partial charge in [-0.25, -0.2) is 0 Å². The summed E-state index contributed by atoms with van der Waals surface area (Å²) in [6, 6.07) is 14.6. The van der Waals surface area contributed by atoms with Crippen LogP contribution in [0.25, 0.3) is 0 Å². The molecule has 36 heavy (non-hydrogen) atoms. The number of thiophene rings is 1. The van der Waals surface area contributed by atoms with Crippen LogP contribution >= 0.6 is 11.3 Å². The zero-order valence-electron chi connectivity index (χ0n) is 19.6. The number of ether oxygens (including phenoxy) is 1. The Labute approximate surface area is 210 Å². The molecular weight excluding hydrogens is 489 g/mol. The number of hydrogen-bond donors (Lipinski definition) is 1. The predicted molar refractivity (Wildman–Crippen MR) is 132 cm³/mol. The third-order valence-electron chi connectivity index (χ3n) is 6.60. The molecule has 1 aliphatic carbocycles. The molecule has 0 fully saturated rings. The molecule has 1 aromatic heterocycles. The Hall–Kier alpha value is -3.59. The Kier molecular flexibility index (Phi) is 6.12. The van der Waals surface area contributed by atoms with Crippen LogP contribution < -0.4 is 15.0 Å². The van der Waals surface area contributed by atoms with Crippen molar-refractivity contribution in [3.8, 4) is 5.75 Å². The highest BCUT2D eigenvalue weighted by Crippen LogP contribution is 2.49. The molecule has 0 radical (unpaired) electrons. The molecule has 5 nitrogen and oxygen atoms in total. The van der Waals surface area contributed by atoms with Gasteiger partial charge in [-0.05, 0) is 66.1 Å². The summed E-state index contributed by atoms with van der Waals surface area (Å²) in [7, 11) is 1.57. The van der Waals surface area contributed by atoms with E-state index >= 15 is 0 Å². The molecule has 5 rings (SSSR count). The van der Waals surface area contributed by atoms with E-state index in [2.05, 4.69) is 5.32 Å². The van der Waals surface area contributed by atoms with Crippen molar-refractivity contribution in [3.05, 3.63) is 87.3 Å². The maximum Gasteiger partial charge on any atom is 0.471 e. The smallest absolute Gasteiger partial charge is 0.471 e. The summed E-state index contributed by atoms with van der Waals surface area (Å²) in [6.07, 6.45) is -4.58. The van der Waals surface area contributed by atoms with Crippen molar-refractivity contribution in [2.24, 2.45) is 0 Å². The van der Waals surface area contributed by atoms with Crippen molar-refractivity contribution >= 4 is 34.4 Å². The number of amides is 1. The Morgan fingerprint density at radius 3 is 2.50 bits per heavy atom. The maximum atomic E-state index is 13.9. The predicted octanol–water partition coefficient (Wildman–Crippen LogP) is 6.53. The van der Waals surface area contributed by atoms with E-state index < -0.39 is 18.1 Å². The number of fused-ring (bicyclic) bond motifs is 1. The first-order valence-corrected chi connectivity index (χ1v) is 12.3. The van der Waals surface area contributed by atoms with E-state index in [4.69, 9.17) is 4.74 Å². The number of aryl methyl sites for hydroxylation is 1. The quantitative estimate of drug-likeness (QED) is 0.434. The van der Waals surface area contributed by atoms with E-state index in [0.29, 0.717) is 34.0 Å². The number of carbonyl (C=O) groups is 2. The van der Waals surface area contributed by atoms with Crippen LogP contribution in [0.2, 0.25) is 0 Å². The van der Waals surface area contributed by atoms with Crippen LogP contribution in [-0.4, -0.2) is 25.0 Å². The SMILES string of the molecule is COc1ccc(C2CC(=O)C3=C(C2)Nc2ccc(C)cc2N(C(=O)C(F)(F)F)C3c2cccs2)cc1. The highest BCUT2D eigenvalue weighted by atomic mass is 32.1. The topological polar surface area (TPSA) is 58.6 Å². The van der Waals surface area contributed by atoms with Gasteiger partial charge in [0.2, 0.25) is 0 Å². The lowest BCUT2D eigenvalue weighted by Crippen LogP contribution is -2.45. The summed E-state index contributed by atoms with van der Waals surface area (Å²) in [5.41, 5.74) is 2.82. The number of rotatable bonds is 3. The number of ketones is 1. The lowest BCUT2D eigenvalue weighted by Gasteiger charge is -2.34. The van der Waals surface area contributed by atoms with Crippen molar-refractivity contribution in [3.63, 3.8) is 0 Å². The number of methoxy groups -OCH3 is 1. The summed E-state index contributed by atoms with van der Waals surface area (Å²) in [6.45, 7) is 1.75. The van der Waals surface area contributed by atoms with E-state index in [0.717, 1.165) is 10.5 Å². The first-order valence-electron chi connectivity index (χ1n) is 11.4. The Morgan fingerprint density at radius 2 is 1.86 bits per heavy atom. The van der Waals surface area contributed by atoms with Crippen LogP contribution in [0.1, 0.15) is 40.8 Å². The minimum absolute atomic E-state index is 0.0962. The highest BCUT2D eigenvalue weighted by molar-refractivity contribution is 7.10. The second-order valence-corrected chi connectivity index (χ2v) is 9.91. The fourth-order valence-corrected chi connectivity index (χ4v) is 5.76. The van der Waals surface area contributed by atoms with Gasteiger partial charge in [-0.15, -0.1) is 11.3 Å². The molecule has 1 aliphatic heterocycles. The van der Waals surface area contributed by atoms with Gasteiger partial charge in [0.05, 0.1) is 18.5 Å². The molecule has 0 bridgehead atoms. The molecule has 186 valence electrons. The van der Waals surface area contributed by atoms with Gasteiger partial charge < -0.3 is 10.1 Å². The van der Waals surface area contributed by atoms with Gasteiger partial charge in [-0.2, -0.15) is 13.2 Å². The van der Waals surface area contributed by atoms with Crippen LogP contribution in [0.5, 0.6) is 5.75 Å². The number of nitrogens with one attached hydrogen (secondary N) is 1. The zero-order valence-corrected chi connectivity index (χ0v) is 20.4. The Morgan fingerprint density at radius 1 is 1.11 bits per heavy atom. The van der Waals surface area contributed by atoms with E-state index in [1.165, 1.54) is 11.3 Å². The fraction of sp³-hybridized carbons (Fsp3) is 0.259. The second-order valence-electron chi connectivity index (χ2n) is 8.93. The van der Waals surface area contributed by atoms with E-state index in [1.54, 1.807) is 49.7 Å². The first-order chi connectivity index (χ1) is 17.2. The molecule has 2 atom stereocenters. The number of alkyl halides is 3. The van der Waals surface area contributed by atoms with Gasteiger partial charge in [-0.3, -0.25) is 14.5 Å². The number of halogens is 3. The zero-order chi connectivity index (χ0) is 25.6. The Bertz CT molecular complexity index is 1350. The standard InChI is InChI=1S/C27H23F3N2O3S/c1-15-5-10-19-21(12-15)32(26(34)27(28,29)30)25(23-4-3-11-36-23)24-20(31-19)13-17(14-22(24)33)16-6-8-18(35-2)9-7-16/h3-12,17,25,31H,13-14H2,1-2H3. The van der Waals surface area contributed by atoms with Gasteiger partial charge in [0.1, 0.15) is 11.8 Å². The molecule has 0 saturated heterocycles. The lowest BCUT2D eigenvalue weighted by molar-refractivity contribution is -0.170. The highest BCUT2D eigenvalue weighted by Gasteiger charge is 2.50. The average Bonchev–Trinajstić information content (AvgIpc) is 3.33. The number of hydrogen-bond acceptors (Lipinski definition) is 5. The minimum Gasteiger partial charge on any atom is -0.497 e. The van der Waals surface area contributed by atoms with E-state index in [-0.39, 0.29) is 29.4 Å². The largest absolute Gasteiger partial charge is 0.497 e. The normalized spacial score (nSPS) is 19.8. The van der Waals surface area contributed by atoms with Crippen molar-refractivity contribution in [2.45, 2.75) is 37.9 Å².